The van der Waals surface area contributed by atoms with Crippen LogP contribution in [0.25, 0.3) is 10.6 Å². The number of thiophene rings is 1. The van der Waals surface area contributed by atoms with Gasteiger partial charge in [0.25, 0.3) is 0 Å². The van der Waals surface area contributed by atoms with Crippen molar-refractivity contribution < 1.29 is 9.13 Å². The van der Waals surface area contributed by atoms with Gasteiger partial charge in [0.15, 0.2) is 0 Å². The van der Waals surface area contributed by atoms with Gasteiger partial charge < -0.3 is 10.1 Å². The Kier molecular flexibility index (Phi) is 5.38. The van der Waals surface area contributed by atoms with E-state index in [4.69, 9.17) is 4.74 Å². The summed E-state index contributed by atoms with van der Waals surface area (Å²) in [4.78, 5) is 9.55. The monoisotopic (exact) mass is 343 g/mol. The first-order chi connectivity index (χ1) is 11.8. The van der Waals surface area contributed by atoms with Gasteiger partial charge in [-0.1, -0.05) is 18.2 Å². The lowest BCUT2D eigenvalue weighted by Gasteiger charge is -2.07. The average molecular weight is 343 g/mol. The minimum Gasteiger partial charge on any atom is -0.493 e. The molecule has 6 heteroatoms. The molecule has 0 fully saturated rings. The van der Waals surface area contributed by atoms with Crippen LogP contribution in [0.3, 0.4) is 0 Å². The molecule has 24 heavy (non-hydrogen) atoms. The molecule has 0 unspecified atom stereocenters. The zero-order valence-corrected chi connectivity index (χ0v) is 14.1. The number of nitrogens with zero attached hydrogens (tertiary/aromatic N) is 2. The number of ether oxygens (including phenoxy) is 1. The number of nitrogens with one attached hydrogen (secondary N) is 1. The van der Waals surface area contributed by atoms with Gasteiger partial charge in [-0.05, 0) is 25.0 Å². The van der Waals surface area contributed by atoms with Crippen molar-refractivity contribution >= 4 is 17.2 Å². The van der Waals surface area contributed by atoms with Crippen LogP contribution in [0.1, 0.15) is 12.5 Å². The maximum absolute atomic E-state index is 13.6. The second kappa shape index (κ2) is 7.88. The van der Waals surface area contributed by atoms with Gasteiger partial charge in [-0.2, -0.15) is 0 Å². The Morgan fingerprint density at radius 3 is 2.92 bits per heavy atom. The summed E-state index contributed by atoms with van der Waals surface area (Å²) in [7, 11) is 0. The van der Waals surface area contributed by atoms with Crippen molar-refractivity contribution in [1.82, 2.24) is 9.97 Å². The zero-order valence-electron chi connectivity index (χ0n) is 13.3. The van der Waals surface area contributed by atoms with Crippen molar-refractivity contribution in [3.8, 4) is 16.3 Å². The molecule has 0 spiro atoms. The van der Waals surface area contributed by atoms with Crippen molar-refractivity contribution in [2.75, 3.05) is 18.5 Å². The van der Waals surface area contributed by atoms with Gasteiger partial charge in [-0.15, -0.1) is 11.3 Å². The molecule has 2 aromatic heterocycles. The second-order valence-electron chi connectivity index (χ2n) is 5.14. The van der Waals surface area contributed by atoms with Crippen LogP contribution < -0.4 is 10.1 Å². The summed E-state index contributed by atoms with van der Waals surface area (Å²) < 4.78 is 19.1. The maximum Gasteiger partial charge on any atom is 0.130 e. The summed E-state index contributed by atoms with van der Waals surface area (Å²) in [6.07, 6.45) is 2.13. The predicted octanol–water partition coefficient (Wildman–Crippen LogP) is 4.40. The molecule has 0 aliphatic heterocycles. The summed E-state index contributed by atoms with van der Waals surface area (Å²) in [5.41, 5.74) is 1.54. The van der Waals surface area contributed by atoms with E-state index in [9.17, 15) is 4.39 Å². The van der Waals surface area contributed by atoms with E-state index in [2.05, 4.69) is 15.3 Å². The summed E-state index contributed by atoms with van der Waals surface area (Å²) in [5, 5.41) is 5.18. The van der Waals surface area contributed by atoms with E-state index in [0.29, 0.717) is 25.1 Å². The number of rotatable bonds is 7. The smallest absolute Gasteiger partial charge is 0.130 e. The highest BCUT2D eigenvalue weighted by atomic mass is 32.1. The molecule has 0 amide bonds. The van der Waals surface area contributed by atoms with E-state index in [0.717, 1.165) is 22.1 Å². The minimum absolute atomic E-state index is 0.176. The third-order valence-corrected chi connectivity index (χ3v) is 4.40. The molecule has 0 saturated carbocycles. The number of halogens is 1. The Morgan fingerprint density at radius 2 is 2.08 bits per heavy atom. The molecule has 0 radical (unpaired) electrons. The van der Waals surface area contributed by atoms with Crippen LogP contribution in [0.15, 0.2) is 48.1 Å². The fourth-order valence-electron chi connectivity index (χ4n) is 2.31. The number of hydrogen-bond acceptors (Lipinski definition) is 5. The lowest BCUT2D eigenvalue weighted by molar-refractivity contribution is 0.342. The van der Waals surface area contributed by atoms with Crippen LogP contribution in [0, 0.1) is 5.82 Å². The third kappa shape index (κ3) is 4.08. The number of anilines is 1. The maximum atomic E-state index is 13.6. The molecule has 1 aromatic carbocycles. The second-order valence-corrected chi connectivity index (χ2v) is 6.05. The molecule has 1 N–H and O–H groups in total. The Hall–Kier alpha value is -2.47. The number of aromatic nitrogens is 2. The van der Waals surface area contributed by atoms with Gasteiger partial charge in [-0.3, -0.25) is 0 Å². The van der Waals surface area contributed by atoms with E-state index >= 15 is 0 Å². The standard InChI is InChI=1S/C18H18FN3OS/c1-2-23-14-9-17(24-11-14)16-10-18(22-12-21-16)20-8-7-13-5-3-4-6-15(13)19/h3-6,9-12H,2,7-8H2,1H3,(H,20,21,22). The largest absolute Gasteiger partial charge is 0.493 e. The SMILES string of the molecule is CCOc1csc(-c2cc(NCCc3ccccc3F)ncn2)c1. The van der Waals surface area contributed by atoms with Crippen LogP contribution >= 0.6 is 11.3 Å². The Bertz CT molecular complexity index is 806. The van der Waals surface area contributed by atoms with Crippen LogP contribution in [0.4, 0.5) is 10.2 Å². The zero-order chi connectivity index (χ0) is 16.8. The van der Waals surface area contributed by atoms with Crippen LogP contribution in [-0.2, 0) is 6.42 Å². The van der Waals surface area contributed by atoms with E-state index < -0.39 is 0 Å². The van der Waals surface area contributed by atoms with Crippen molar-refractivity contribution in [2.24, 2.45) is 0 Å². The summed E-state index contributed by atoms with van der Waals surface area (Å²) in [6, 6.07) is 10.7. The molecule has 0 bridgehead atoms. The lowest BCUT2D eigenvalue weighted by Crippen LogP contribution is -2.07. The van der Waals surface area contributed by atoms with Gasteiger partial charge in [0.1, 0.15) is 23.7 Å². The molecule has 0 atom stereocenters. The van der Waals surface area contributed by atoms with Gasteiger partial charge >= 0.3 is 0 Å². The molecule has 124 valence electrons. The Labute approximate surface area is 144 Å². The fourth-order valence-corrected chi connectivity index (χ4v) is 3.11. The first-order valence-electron chi connectivity index (χ1n) is 7.77. The van der Waals surface area contributed by atoms with Crippen molar-refractivity contribution in [1.29, 1.82) is 0 Å². The highest BCUT2D eigenvalue weighted by molar-refractivity contribution is 7.13. The summed E-state index contributed by atoms with van der Waals surface area (Å²) in [6.45, 7) is 3.20. The Morgan fingerprint density at radius 1 is 1.21 bits per heavy atom. The molecule has 2 heterocycles. The first kappa shape index (κ1) is 16.4. The first-order valence-corrected chi connectivity index (χ1v) is 8.65. The lowest BCUT2D eigenvalue weighted by atomic mass is 10.1. The van der Waals surface area contributed by atoms with Crippen molar-refractivity contribution in [3.63, 3.8) is 0 Å². The highest BCUT2D eigenvalue weighted by Crippen LogP contribution is 2.30. The molecular formula is C18H18FN3OS. The number of benzene rings is 1. The number of hydrogen-bond donors (Lipinski definition) is 1. The molecule has 3 rings (SSSR count). The van der Waals surface area contributed by atoms with E-state index in [-0.39, 0.29) is 5.82 Å². The average Bonchev–Trinajstić information content (AvgIpc) is 3.06. The van der Waals surface area contributed by atoms with Crippen LogP contribution in [-0.4, -0.2) is 23.1 Å². The van der Waals surface area contributed by atoms with Gasteiger partial charge in [0.2, 0.25) is 0 Å². The van der Waals surface area contributed by atoms with Crippen molar-refractivity contribution in [2.45, 2.75) is 13.3 Å². The van der Waals surface area contributed by atoms with E-state index in [1.165, 1.54) is 12.4 Å². The molecule has 0 aliphatic carbocycles. The summed E-state index contributed by atoms with van der Waals surface area (Å²) >= 11 is 1.58. The fraction of sp³-hybridized carbons (Fsp3) is 0.222. The van der Waals surface area contributed by atoms with Gasteiger partial charge in [0, 0.05) is 24.1 Å². The molecule has 0 saturated heterocycles. The van der Waals surface area contributed by atoms with Gasteiger partial charge in [-0.25, -0.2) is 14.4 Å². The van der Waals surface area contributed by atoms with E-state index in [1.54, 1.807) is 23.5 Å². The quantitative estimate of drug-likeness (QED) is 0.691. The Balaban J connectivity index is 1.63. The highest BCUT2D eigenvalue weighted by Gasteiger charge is 2.07. The molecule has 0 aliphatic rings. The van der Waals surface area contributed by atoms with Crippen LogP contribution in [0.2, 0.25) is 0 Å². The molecule has 4 nitrogen and oxygen atoms in total. The minimum atomic E-state index is -0.176. The molecular weight excluding hydrogens is 325 g/mol. The normalized spacial score (nSPS) is 10.6. The van der Waals surface area contributed by atoms with E-state index in [1.807, 2.05) is 30.5 Å². The third-order valence-electron chi connectivity index (χ3n) is 3.46. The summed E-state index contributed by atoms with van der Waals surface area (Å²) in [5.74, 6) is 1.40. The molecule has 3 aromatic rings. The van der Waals surface area contributed by atoms with Gasteiger partial charge in [0.05, 0.1) is 17.2 Å². The van der Waals surface area contributed by atoms with Crippen molar-refractivity contribution in [3.05, 3.63) is 59.5 Å². The van der Waals surface area contributed by atoms with Crippen LogP contribution in [0.5, 0.6) is 5.75 Å². The predicted molar refractivity (Wildman–Crippen MR) is 95.1 cm³/mol. The topological polar surface area (TPSA) is 47.0 Å².